The van der Waals surface area contributed by atoms with Crippen molar-refractivity contribution in [2.24, 2.45) is 11.8 Å². The number of carboxylic acids is 1. The number of para-hydroxylation sites is 1. The van der Waals surface area contributed by atoms with E-state index in [0.29, 0.717) is 43.1 Å². The quantitative estimate of drug-likeness (QED) is 0.340. The van der Waals surface area contributed by atoms with Gasteiger partial charge in [-0.2, -0.15) is 13.2 Å². The topological polar surface area (TPSA) is 84.2 Å². The van der Waals surface area contributed by atoms with Gasteiger partial charge in [0, 0.05) is 36.3 Å². The van der Waals surface area contributed by atoms with E-state index >= 15 is 0 Å². The van der Waals surface area contributed by atoms with Gasteiger partial charge in [0.05, 0.1) is 28.1 Å². The minimum atomic E-state index is -4.60. The van der Waals surface area contributed by atoms with Crippen LogP contribution in [0.4, 0.5) is 13.2 Å². The van der Waals surface area contributed by atoms with Gasteiger partial charge in [-0.1, -0.05) is 24.3 Å². The Hall–Kier alpha value is -3.88. The SMILES string of the molecule is O=C(NC[C@H]1CC[C@H](C(=O)O)CC1)c1cc(C(F)(F)F)cc2ccn(Cc3cccc4cccnc34)c12. The number of alkyl halides is 3. The number of pyridine rings is 1. The van der Waals surface area contributed by atoms with Crippen LogP contribution in [0.3, 0.4) is 0 Å². The van der Waals surface area contributed by atoms with Crippen molar-refractivity contribution in [3.63, 3.8) is 0 Å². The summed E-state index contributed by atoms with van der Waals surface area (Å²) in [4.78, 5) is 28.9. The second-order valence-corrected chi connectivity index (χ2v) is 9.66. The van der Waals surface area contributed by atoms with Crippen molar-refractivity contribution in [2.75, 3.05) is 6.54 Å². The summed E-state index contributed by atoms with van der Waals surface area (Å²) < 4.78 is 42.8. The summed E-state index contributed by atoms with van der Waals surface area (Å²) in [6.45, 7) is 0.625. The number of hydrogen-bond donors (Lipinski definition) is 2. The second kappa shape index (κ2) is 9.88. The van der Waals surface area contributed by atoms with Crippen LogP contribution in [0.15, 0.2) is 60.9 Å². The highest BCUT2D eigenvalue weighted by Gasteiger charge is 2.33. The maximum atomic E-state index is 13.7. The Labute approximate surface area is 211 Å². The number of aliphatic carboxylic acids is 1. The van der Waals surface area contributed by atoms with Crippen molar-refractivity contribution < 1.29 is 27.9 Å². The third-order valence-corrected chi connectivity index (χ3v) is 7.24. The monoisotopic (exact) mass is 509 g/mol. The maximum Gasteiger partial charge on any atom is 0.416 e. The van der Waals surface area contributed by atoms with Crippen molar-refractivity contribution in [1.29, 1.82) is 0 Å². The molecule has 0 atom stereocenters. The van der Waals surface area contributed by atoms with E-state index in [0.717, 1.165) is 28.6 Å². The number of halogens is 3. The number of benzene rings is 2. The Morgan fingerprint density at radius 3 is 2.51 bits per heavy atom. The largest absolute Gasteiger partial charge is 0.481 e. The number of nitrogens with zero attached hydrogens (tertiary/aromatic N) is 2. The normalized spacial score (nSPS) is 18.2. The Morgan fingerprint density at radius 1 is 1.03 bits per heavy atom. The van der Waals surface area contributed by atoms with Gasteiger partial charge in [-0.3, -0.25) is 14.6 Å². The number of hydrogen-bond acceptors (Lipinski definition) is 3. The van der Waals surface area contributed by atoms with Gasteiger partial charge in [-0.25, -0.2) is 0 Å². The van der Waals surface area contributed by atoms with Crippen LogP contribution in [0.25, 0.3) is 21.8 Å². The van der Waals surface area contributed by atoms with Crippen LogP contribution in [0, 0.1) is 11.8 Å². The molecule has 9 heteroatoms. The summed E-state index contributed by atoms with van der Waals surface area (Å²) in [6, 6.07) is 13.1. The Bertz CT molecular complexity index is 1460. The number of aromatic nitrogens is 2. The van der Waals surface area contributed by atoms with Gasteiger partial charge in [-0.05, 0) is 61.4 Å². The number of carbonyl (C=O) groups excluding carboxylic acids is 1. The van der Waals surface area contributed by atoms with E-state index < -0.39 is 23.6 Å². The molecule has 1 aliphatic rings. The molecule has 2 aromatic carbocycles. The summed E-state index contributed by atoms with van der Waals surface area (Å²) in [7, 11) is 0. The van der Waals surface area contributed by atoms with Crippen molar-refractivity contribution >= 4 is 33.7 Å². The highest BCUT2D eigenvalue weighted by Crippen LogP contribution is 2.35. The third kappa shape index (κ3) is 5.16. The summed E-state index contributed by atoms with van der Waals surface area (Å²) in [6.07, 6.45) is 1.16. The number of amides is 1. The molecule has 5 rings (SSSR count). The summed E-state index contributed by atoms with van der Waals surface area (Å²) in [5.41, 5.74) is 1.19. The van der Waals surface area contributed by atoms with Crippen LogP contribution in [-0.2, 0) is 17.5 Å². The fourth-order valence-corrected chi connectivity index (χ4v) is 5.24. The zero-order valence-electron chi connectivity index (χ0n) is 20.0. The minimum absolute atomic E-state index is 0.0396. The van der Waals surface area contributed by atoms with Crippen molar-refractivity contribution in [2.45, 2.75) is 38.4 Å². The molecule has 192 valence electrons. The smallest absolute Gasteiger partial charge is 0.416 e. The lowest BCUT2D eigenvalue weighted by Crippen LogP contribution is -2.32. The highest BCUT2D eigenvalue weighted by atomic mass is 19.4. The summed E-state index contributed by atoms with van der Waals surface area (Å²) in [5, 5.41) is 13.3. The fourth-order valence-electron chi connectivity index (χ4n) is 5.24. The number of carboxylic acid groups (broad SMARTS) is 1. The van der Waals surface area contributed by atoms with E-state index in [1.807, 2.05) is 30.3 Å². The van der Waals surface area contributed by atoms with E-state index in [2.05, 4.69) is 10.3 Å². The minimum Gasteiger partial charge on any atom is -0.481 e. The van der Waals surface area contributed by atoms with Crippen LogP contribution in [-0.4, -0.2) is 33.1 Å². The van der Waals surface area contributed by atoms with E-state index in [9.17, 15) is 27.9 Å². The molecular formula is C28H26F3N3O3. The number of fused-ring (bicyclic) bond motifs is 2. The maximum absolute atomic E-state index is 13.7. The lowest BCUT2D eigenvalue weighted by Gasteiger charge is -2.26. The van der Waals surface area contributed by atoms with Crippen LogP contribution < -0.4 is 5.32 Å². The fraction of sp³-hybridized carbons (Fsp3) is 0.321. The third-order valence-electron chi connectivity index (χ3n) is 7.24. The average molecular weight is 510 g/mol. The Kier molecular flexibility index (Phi) is 6.62. The zero-order valence-corrected chi connectivity index (χ0v) is 20.0. The van der Waals surface area contributed by atoms with Gasteiger partial charge < -0.3 is 15.0 Å². The van der Waals surface area contributed by atoms with Gasteiger partial charge in [0.15, 0.2) is 0 Å². The van der Waals surface area contributed by atoms with Gasteiger partial charge in [0.1, 0.15) is 0 Å². The lowest BCUT2D eigenvalue weighted by molar-refractivity contribution is -0.143. The standard InChI is InChI=1S/C28H26F3N3O3/c29-28(30,31)22-13-20-10-12-34(16-21-4-1-3-18-5-2-11-32-24(18)21)25(20)23(14-22)26(35)33-15-17-6-8-19(9-7-17)27(36)37/h1-5,10-14,17,19H,6-9,15-16H2,(H,33,35)(H,36,37)/t17-,19-. The molecule has 0 aliphatic heterocycles. The molecule has 1 aliphatic carbocycles. The van der Waals surface area contributed by atoms with Crippen LogP contribution >= 0.6 is 0 Å². The first-order chi connectivity index (χ1) is 17.7. The molecule has 4 aromatic rings. The number of carbonyl (C=O) groups is 2. The summed E-state index contributed by atoms with van der Waals surface area (Å²) >= 11 is 0. The average Bonchev–Trinajstić information content (AvgIpc) is 3.29. The van der Waals surface area contributed by atoms with Gasteiger partial charge in [0.25, 0.3) is 5.91 Å². The molecule has 0 bridgehead atoms. The highest BCUT2D eigenvalue weighted by molar-refractivity contribution is 6.06. The molecular weight excluding hydrogens is 483 g/mol. The van der Waals surface area contributed by atoms with Gasteiger partial charge >= 0.3 is 12.1 Å². The van der Waals surface area contributed by atoms with Crippen LogP contribution in [0.1, 0.15) is 47.2 Å². The van der Waals surface area contributed by atoms with Crippen LogP contribution in [0.5, 0.6) is 0 Å². The molecule has 2 heterocycles. The predicted molar refractivity (Wildman–Crippen MR) is 133 cm³/mol. The molecule has 1 amide bonds. The summed E-state index contributed by atoms with van der Waals surface area (Å²) in [5.74, 6) is -1.67. The van der Waals surface area contributed by atoms with Gasteiger partial charge in [0.2, 0.25) is 0 Å². The first-order valence-corrected chi connectivity index (χ1v) is 12.2. The molecule has 0 saturated heterocycles. The van der Waals surface area contributed by atoms with E-state index in [1.54, 1.807) is 23.0 Å². The molecule has 2 aromatic heterocycles. The molecule has 0 radical (unpaired) electrons. The van der Waals surface area contributed by atoms with Crippen molar-refractivity contribution in [3.8, 4) is 0 Å². The molecule has 1 fully saturated rings. The zero-order chi connectivity index (χ0) is 26.2. The molecule has 2 N–H and O–H groups in total. The van der Waals surface area contributed by atoms with Crippen molar-refractivity contribution in [1.82, 2.24) is 14.9 Å². The van der Waals surface area contributed by atoms with Crippen molar-refractivity contribution in [3.05, 3.63) is 77.6 Å². The predicted octanol–water partition coefficient (Wildman–Crippen LogP) is 5.88. The van der Waals surface area contributed by atoms with E-state index in [1.165, 1.54) is 0 Å². The molecule has 6 nitrogen and oxygen atoms in total. The van der Waals surface area contributed by atoms with Gasteiger partial charge in [-0.15, -0.1) is 0 Å². The number of rotatable bonds is 6. The molecule has 37 heavy (non-hydrogen) atoms. The Balaban J connectivity index is 1.46. The lowest BCUT2D eigenvalue weighted by atomic mass is 9.82. The molecule has 1 saturated carbocycles. The van der Waals surface area contributed by atoms with E-state index in [4.69, 9.17) is 0 Å². The Morgan fingerprint density at radius 2 is 1.78 bits per heavy atom. The second-order valence-electron chi connectivity index (χ2n) is 9.66. The molecule has 0 spiro atoms. The number of nitrogens with one attached hydrogen (secondary N) is 1. The van der Waals surface area contributed by atoms with Crippen LogP contribution in [0.2, 0.25) is 0 Å². The first-order valence-electron chi connectivity index (χ1n) is 12.2. The molecule has 0 unspecified atom stereocenters. The first kappa shape index (κ1) is 24.8. The van der Waals surface area contributed by atoms with E-state index in [-0.39, 0.29) is 23.9 Å².